The molecule has 1 aromatic carbocycles. The number of carbonyl (C=O) groups excluding carboxylic acids is 1. The average Bonchev–Trinajstić information content (AvgIpc) is 2.09. The summed E-state index contributed by atoms with van der Waals surface area (Å²) >= 11 is 0. The lowest BCUT2D eigenvalue weighted by Crippen LogP contribution is -2.05. The van der Waals surface area contributed by atoms with Gasteiger partial charge in [-0.05, 0) is 31.5 Å². The number of benzene rings is 1. The van der Waals surface area contributed by atoms with Crippen LogP contribution >= 0.6 is 9.24 Å². The standard InChI is InChI=1S/C11H15O2P/c1-3-13-10-5-4-9(6-8(2)12)7-11(10)14/h4-5,7H,3,6,14H2,1-2H3. The lowest BCUT2D eigenvalue weighted by atomic mass is 10.1. The molecule has 1 unspecified atom stereocenters. The molecule has 0 bridgehead atoms. The summed E-state index contributed by atoms with van der Waals surface area (Å²) in [6.07, 6.45) is 0.494. The molecule has 3 heteroatoms. The summed E-state index contributed by atoms with van der Waals surface area (Å²) in [5.41, 5.74) is 1.03. The van der Waals surface area contributed by atoms with Gasteiger partial charge in [0.2, 0.25) is 0 Å². The van der Waals surface area contributed by atoms with Gasteiger partial charge in [-0.25, -0.2) is 0 Å². The van der Waals surface area contributed by atoms with Crippen LogP contribution in [0.3, 0.4) is 0 Å². The van der Waals surface area contributed by atoms with Crippen LogP contribution in [0.15, 0.2) is 18.2 Å². The van der Waals surface area contributed by atoms with Gasteiger partial charge in [0.25, 0.3) is 0 Å². The highest BCUT2D eigenvalue weighted by atomic mass is 31.0. The Morgan fingerprint density at radius 2 is 2.21 bits per heavy atom. The first-order valence-electron chi connectivity index (χ1n) is 4.64. The Kier molecular flexibility index (Phi) is 4.09. The first kappa shape index (κ1) is 11.2. The second kappa shape index (κ2) is 5.11. The third-order valence-corrected chi connectivity index (χ3v) is 2.28. The van der Waals surface area contributed by atoms with Crippen LogP contribution in [0.5, 0.6) is 5.75 Å². The average molecular weight is 210 g/mol. The Balaban J connectivity index is 2.83. The third-order valence-electron chi connectivity index (χ3n) is 1.83. The van der Waals surface area contributed by atoms with E-state index in [0.717, 1.165) is 16.6 Å². The maximum Gasteiger partial charge on any atom is 0.134 e. The zero-order valence-corrected chi connectivity index (χ0v) is 9.69. The Bertz CT molecular complexity index is 334. The molecular formula is C11H15O2P. The van der Waals surface area contributed by atoms with Gasteiger partial charge < -0.3 is 4.74 Å². The van der Waals surface area contributed by atoms with Crippen LogP contribution in [-0.4, -0.2) is 12.4 Å². The molecule has 0 aliphatic carbocycles. The highest BCUT2D eigenvalue weighted by Crippen LogP contribution is 2.13. The third kappa shape index (κ3) is 3.12. The zero-order valence-electron chi connectivity index (χ0n) is 8.54. The summed E-state index contributed by atoms with van der Waals surface area (Å²) < 4.78 is 5.39. The highest BCUT2D eigenvalue weighted by molar-refractivity contribution is 7.27. The summed E-state index contributed by atoms with van der Waals surface area (Å²) in [5, 5.41) is 1.01. The molecule has 0 heterocycles. The minimum atomic E-state index is 0.179. The maximum atomic E-state index is 10.9. The first-order valence-corrected chi connectivity index (χ1v) is 5.22. The van der Waals surface area contributed by atoms with Gasteiger partial charge in [0, 0.05) is 11.7 Å². The topological polar surface area (TPSA) is 26.3 Å². The quantitative estimate of drug-likeness (QED) is 0.707. The van der Waals surface area contributed by atoms with Crippen molar-refractivity contribution in [1.82, 2.24) is 0 Å². The summed E-state index contributed by atoms with van der Waals surface area (Å²) in [6.45, 7) is 4.21. The van der Waals surface area contributed by atoms with Crippen LogP contribution in [0.4, 0.5) is 0 Å². The van der Waals surface area contributed by atoms with E-state index in [0.29, 0.717) is 13.0 Å². The predicted octanol–water partition coefficient (Wildman–Crippen LogP) is 1.72. The lowest BCUT2D eigenvalue weighted by Gasteiger charge is -2.07. The first-order chi connectivity index (χ1) is 6.63. The molecule has 1 atom stereocenters. The van der Waals surface area contributed by atoms with Gasteiger partial charge in [-0.3, -0.25) is 4.79 Å². The molecule has 0 amide bonds. The molecule has 2 nitrogen and oxygen atoms in total. The molecule has 0 aliphatic heterocycles. The number of Topliss-reactive ketones (excluding diaryl/α,β-unsaturated/α-hetero) is 1. The number of hydrogen-bond donors (Lipinski definition) is 0. The number of hydrogen-bond acceptors (Lipinski definition) is 2. The van der Waals surface area contributed by atoms with E-state index in [2.05, 4.69) is 9.24 Å². The van der Waals surface area contributed by atoms with Crippen molar-refractivity contribution in [1.29, 1.82) is 0 Å². The number of carbonyl (C=O) groups is 1. The predicted molar refractivity (Wildman–Crippen MR) is 61.3 cm³/mol. The fraction of sp³-hybridized carbons (Fsp3) is 0.364. The van der Waals surface area contributed by atoms with Crippen molar-refractivity contribution < 1.29 is 9.53 Å². The molecule has 1 aromatic rings. The highest BCUT2D eigenvalue weighted by Gasteiger charge is 2.02. The van der Waals surface area contributed by atoms with Crippen LogP contribution < -0.4 is 10.0 Å². The SMILES string of the molecule is CCOc1ccc(CC(C)=O)cc1P. The molecule has 0 radical (unpaired) electrons. The van der Waals surface area contributed by atoms with Crippen LogP contribution in [0, 0.1) is 0 Å². The van der Waals surface area contributed by atoms with E-state index in [1.165, 1.54) is 0 Å². The molecule has 76 valence electrons. The normalized spacial score (nSPS) is 9.93. The Hall–Kier alpha value is -0.880. The van der Waals surface area contributed by atoms with E-state index >= 15 is 0 Å². The van der Waals surface area contributed by atoms with Crippen molar-refractivity contribution in [2.75, 3.05) is 6.61 Å². The van der Waals surface area contributed by atoms with Crippen LogP contribution in [0.2, 0.25) is 0 Å². The van der Waals surface area contributed by atoms with Gasteiger partial charge in [-0.15, -0.1) is 9.24 Å². The van der Waals surface area contributed by atoms with Gasteiger partial charge in [-0.1, -0.05) is 6.07 Å². The summed E-state index contributed by atoms with van der Waals surface area (Å²) in [4.78, 5) is 10.9. The Labute approximate surface area is 86.9 Å². The van der Waals surface area contributed by atoms with Gasteiger partial charge >= 0.3 is 0 Å². The molecule has 1 rings (SSSR count). The molecule has 0 aromatic heterocycles. The van der Waals surface area contributed by atoms with E-state index in [1.54, 1.807) is 6.92 Å². The van der Waals surface area contributed by atoms with Crippen molar-refractivity contribution in [3.63, 3.8) is 0 Å². The van der Waals surface area contributed by atoms with E-state index < -0.39 is 0 Å². The zero-order chi connectivity index (χ0) is 10.6. The van der Waals surface area contributed by atoms with Crippen molar-refractivity contribution >= 4 is 20.3 Å². The fourth-order valence-corrected chi connectivity index (χ4v) is 1.68. The Morgan fingerprint density at radius 1 is 1.50 bits per heavy atom. The molecule has 0 saturated heterocycles. The van der Waals surface area contributed by atoms with Gasteiger partial charge in [0.15, 0.2) is 0 Å². The largest absolute Gasteiger partial charge is 0.493 e. The molecule has 0 N–H and O–H groups in total. The van der Waals surface area contributed by atoms with Crippen LogP contribution in [-0.2, 0) is 11.2 Å². The maximum absolute atomic E-state index is 10.9. The molecular weight excluding hydrogens is 195 g/mol. The molecule has 0 spiro atoms. The van der Waals surface area contributed by atoms with Gasteiger partial charge in [0.1, 0.15) is 11.5 Å². The minimum absolute atomic E-state index is 0.179. The fourth-order valence-electron chi connectivity index (χ4n) is 1.28. The van der Waals surface area contributed by atoms with Crippen molar-refractivity contribution in [2.24, 2.45) is 0 Å². The number of rotatable bonds is 4. The second-order valence-corrected chi connectivity index (χ2v) is 3.81. The molecule has 0 fully saturated rings. The van der Waals surface area contributed by atoms with Gasteiger partial charge in [0.05, 0.1) is 6.61 Å². The van der Waals surface area contributed by atoms with E-state index in [1.807, 2.05) is 25.1 Å². The molecule has 14 heavy (non-hydrogen) atoms. The van der Waals surface area contributed by atoms with Gasteiger partial charge in [-0.2, -0.15) is 0 Å². The van der Waals surface area contributed by atoms with E-state index in [4.69, 9.17) is 4.74 Å². The smallest absolute Gasteiger partial charge is 0.134 e. The number of ether oxygens (including phenoxy) is 1. The lowest BCUT2D eigenvalue weighted by molar-refractivity contribution is -0.116. The minimum Gasteiger partial charge on any atom is -0.493 e. The van der Waals surface area contributed by atoms with Crippen LogP contribution in [0.1, 0.15) is 19.4 Å². The summed E-state index contributed by atoms with van der Waals surface area (Å²) in [5.74, 6) is 1.04. The van der Waals surface area contributed by atoms with Crippen LogP contribution in [0.25, 0.3) is 0 Å². The monoisotopic (exact) mass is 210 g/mol. The van der Waals surface area contributed by atoms with Crippen molar-refractivity contribution in [2.45, 2.75) is 20.3 Å². The van der Waals surface area contributed by atoms with E-state index in [-0.39, 0.29) is 5.78 Å². The summed E-state index contributed by atoms with van der Waals surface area (Å²) in [7, 11) is 2.62. The van der Waals surface area contributed by atoms with Crippen molar-refractivity contribution in [3.8, 4) is 5.75 Å². The number of ketones is 1. The van der Waals surface area contributed by atoms with Crippen molar-refractivity contribution in [3.05, 3.63) is 23.8 Å². The molecule has 0 saturated carbocycles. The second-order valence-electron chi connectivity index (χ2n) is 3.18. The molecule has 0 aliphatic rings. The Morgan fingerprint density at radius 3 is 2.71 bits per heavy atom. The van der Waals surface area contributed by atoms with E-state index in [9.17, 15) is 4.79 Å². The summed E-state index contributed by atoms with van der Waals surface area (Å²) in [6, 6.07) is 5.81.